The number of amides is 1. The Morgan fingerprint density at radius 3 is 2.57 bits per heavy atom. The Balaban J connectivity index is 1.52. The molecule has 3 aromatic rings. The monoisotopic (exact) mass is 423 g/mol. The molecular weight excluding hydrogens is 398 g/mol. The number of ether oxygens (including phenoxy) is 1. The SMILES string of the molecule is O=C(CSc1nc2ccccc2c(=O)n1CCCc1ccccc1)N1CCOCC1. The van der Waals surface area contributed by atoms with Gasteiger partial charge in [0.25, 0.3) is 5.56 Å². The van der Waals surface area contributed by atoms with Crippen molar-refractivity contribution >= 4 is 28.6 Å². The third-order valence-electron chi connectivity index (χ3n) is 5.21. The summed E-state index contributed by atoms with van der Waals surface area (Å²) >= 11 is 1.34. The van der Waals surface area contributed by atoms with E-state index in [-0.39, 0.29) is 17.2 Å². The molecular formula is C23H25N3O3S. The minimum atomic E-state index is -0.0463. The quantitative estimate of drug-likeness (QED) is 0.432. The first-order chi connectivity index (χ1) is 14.7. The Kier molecular flexibility index (Phi) is 6.81. The van der Waals surface area contributed by atoms with E-state index in [1.54, 1.807) is 4.57 Å². The number of thioether (sulfide) groups is 1. The van der Waals surface area contributed by atoms with E-state index in [2.05, 4.69) is 12.1 Å². The second-order valence-electron chi connectivity index (χ2n) is 7.24. The lowest BCUT2D eigenvalue weighted by Crippen LogP contribution is -2.41. The van der Waals surface area contributed by atoms with E-state index >= 15 is 0 Å². The predicted octanol–water partition coefficient (Wildman–Crippen LogP) is 2.98. The van der Waals surface area contributed by atoms with Gasteiger partial charge in [-0.25, -0.2) is 4.98 Å². The summed E-state index contributed by atoms with van der Waals surface area (Å²) in [5.41, 5.74) is 1.87. The van der Waals surface area contributed by atoms with Crippen molar-refractivity contribution in [1.29, 1.82) is 0 Å². The van der Waals surface area contributed by atoms with Gasteiger partial charge >= 0.3 is 0 Å². The summed E-state index contributed by atoms with van der Waals surface area (Å²) in [6, 6.07) is 17.6. The molecule has 0 N–H and O–H groups in total. The lowest BCUT2D eigenvalue weighted by molar-refractivity contribution is -0.132. The maximum absolute atomic E-state index is 13.1. The first kappa shape index (κ1) is 20.6. The van der Waals surface area contributed by atoms with Crippen molar-refractivity contribution in [2.24, 2.45) is 0 Å². The van der Waals surface area contributed by atoms with Crippen molar-refractivity contribution in [3.05, 3.63) is 70.5 Å². The number of carbonyl (C=O) groups excluding carboxylic acids is 1. The normalized spacial score (nSPS) is 14.2. The molecule has 0 spiro atoms. The minimum Gasteiger partial charge on any atom is -0.378 e. The van der Waals surface area contributed by atoms with Gasteiger partial charge in [-0.2, -0.15) is 0 Å². The molecule has 4 rings (SSSR count). The molecule has 2 aromatic carbocycles. The van der Waals surface area contributed by atoms with Gasteiger partial charge in [-0.15, -0.1) is 0 Å². The standard InChI is InChI=1S/C23H25N3O3S/c27-21(25-13-15-29-16-14-25)17-30-23-24-20-11-5-4-10-19(20)22(28)26(23)12-6-9-18-7-2-1-3-8-18/h1-5,7-8,10-11H,6,9,12-17H2. The summed E-state index contributed by atoms with van der Waals surface area (Å²) in [4.78, 5) is 32.2. The van der Waals surface area contributed by atoms with Gasteiger partial charge in [0.2, 0.25) is 5.91 Å². The van der Waals surface area contributed by atoms with Gasteiger partial charge < -0.3 is 9.64 Å². The van der Waals surface area contributed by atoms with Crippen molar-refractivity contribution in [3.63, 3.8) is 0 Å². The number of benzene rings is 2. The lowest BCUT2D eigenvalue weighted by atomic mass is 10.1. The maximum Gasteiger partial charge on any atom is 0.262 e. The van der Waals surface area contributed by atoms with Crippen LogP contribution >= 0.6 is 11.8 Å². The Morgan fingerprint density at radius 1 is 1.03 bits per heavy atom. The zero-order chi connectivity index (χ0) is 20.8. The zero-order valence-electron chi connectivity index (χ0n) is 16.8. The summed E-state index contributed by atoms with van der Waals surface area (Å²) in [7, 11) is 0. The van der Waals surface area contributed by atoms with Crippen LogP contribution < -0.4 is 5.56 Å². The van der Waals surface area contributed by atoms with Gasteiger partial charge in [0, 0.05) is 19.6 Å². The number of hydrogen-bond acceptors (Lipinski definition) is 5. The number of aryl methyl sites for hydroxylation is 1. The molecule has 30 heavy (non-hydrogen) atoms. The maximum atomic E-state index is 13.1. The van der Waals surface area contributed by atoms with E-state index in [0.717, 1.165) is 12.8 Å². The van der Waals surface area contributed by atoms with Crippen LogP contribution in [0.4, 0.5) is 0 Å². The van der Waals surface area contributed by atoms with E-state index in [1.807, 2.05) is 47.4 Å². The molecule has 0 saturated carbocycles. The van der Waals surface area contributed by atoms with Crippen molar-refractivity contribution in [1.82, 2.24) is 14.5 Å². The van der Waals surface area contributed by atoms with Crippen LogP contribution in [0.25, 0.3) is 10.9 Å². The van der Waals surface area contributed by atoms with Crippen LogP contribution in [0.3, 0.4) is 0 Å². The molecule has 0 radical (unpaired) electrons. The van der Waals surface area contributed by atoms with Gasteiger partial charge in [-0.05, 0) is 30.5 Å². The zero-order valence-corrected chi connectivity index (χ0v) is 17.6. The molecule has 1 amide bonds. The van der Waals surface area contributed by atoms with Crippen LogP contribution in [0.5, 0.6) is 0 Å². The topological polar surface area (TPSA) is 64.4 Å². The molecule has 1 aromatic heterocycles. The predicted molar refractivity (Wildman–Crippen MR) is 119 cm³/mol. The second kappa shape index (κ2) is 9.91. The number of carbonyl (C=O) groups is 1. The van der Waals surface area contributed by atoms with Gasteiger partial charge in [-0.3, -0.25) is 14.2 Å². The highest BCUT2D eigenvalue weighted by atomic mass is 32.2. The number of nitrogens with zero attached hydrogens (tertiary/aromatic N) is 3. The van der Waals surface area contributed by atoms with Crippen LogP contribution in [0.2, 0.25) is 0 Å². The average Bonchev–Trinajstić information content (AvgIpc) is 2.80. The molecule has 6 nitrogen and oxygen atoms in total. The highest BCUT2D eigenvalue weighted by Gasteiger charge is 2.19. The van der Waals surface area contributed by atoms with Gasteiger partial charge in [0.05, 0.1) is 29.9 Å². The molecule has 7 heteroatoms. The van der Waals surface area contributed by atoms with E-state index in [0.29, 0.717) is 48.9 Å². The molecule has 0 aliphatic carbocycles. The number of morpholine rings is 1. The summed E-state index contributed by atoms with van der Waals surface area (Å²) in [6.45, 7) is 2.96. The molecule has 0 atom stereocenters. The van der Waals surface area contributed by atoms with Gasteiger partial charge in [0.15, 0.2) is 5.16 Å². The Morgan fingerprint density at radius 2 is 1.77 bits per heavy atom. The molecule has 1 saturated heterocycles. The van der Waals surface area contributed by atoms with E-state index in [4.69, 9.17) is 9.72 Å². The van der Waals surface area contributed by atoms with Crippen LogP contribution in [-0.4, -0.2) is 52.4 Å². The first-order valence-electron chi connectivity index (χ1n) is 10.2. The Hall–Kier alpha value is -2.64. The third kappa shape index (κ3) is 4.91. The van der Waals surface area contributed by atoms with Crippen molar-refractivity contribution < 1.29 is 9.53 Å². The third-order valence-corrected chi connectivity index (χ3v) is 6.17. The molecule has 1 aliphatic heterocycles. The van der Waals surface area contributed by atoms with E-state index in [1.165, 1.54) is 17.3 Å². The Labute approximate surface area is 179 Å². The van der Waals surface area contributed by atoms with Crippen LogP contribution in [0.15, 0.2) is 64.5 Å². The van der Waals surface area contributed by atoms with Crippen molar-refractivity contribution in [2.45, 2.75) is 24.5 Å². The second-order valence-corrected chi connectivity index (χ2v) is 8.18. The highest BCUT2D eigenvalue weighted by Crippen LogP contribution is 2.19. The van der Waals surface area contributed by atoms with Crippen molar-refractivity contribution in [2.75, 3.05) is 32.1 Å². The fraction of sp³-hybridized carbons (Fsp3) is 0.348. The van der Waals surface area contributed by atoms with Crippen LogP contribution in [0, 0.1) is 0 Å². The summed E-state index contributed by atoms with van der Waals surface area (Å²) < 4.78 is 7.04. The minimum absolute atomic E-state index is 0.0463. The molecule has 156 valence electrons. The molecule has 1 aliphatic rings. The number of rotatable bonds is 7. The number of para-hydroxylation sites is 1. The summed E-state index contributed by atoms with van der Waals surface area (Å²) in [5.74, 6) is 0.324. The fourth-order valence-electron chi connectivity index (χ4n) is 3.57. The largest absolute Gasteiger partial charge is 0.378 e. The van der Waals surface area contributed by atoms with Crippen LogP contribution in [0.1, 0.15) is 12.0 Å². The van der Waals surface area contributed by atoms with Crippen molar-refractivity contribution in [3.8, 4) is 0 Å². The number of hydrogen-bond donors (Lipinski definition) is 0. The van der Waals surface area contributed by atoms with E-state index in [9.17, 15) is 9.59 Å². The van der Waals surface area contributed by atoms with Gasteiger partial charge in [-0.1, -0.05) is 54.2 Å². The fourth-order valence-corrected chi connectivity index (χ4v) is 4.50. The molecule has 1 fully saturated rings. The smallest absolute Gasteiger partial charge is 0.262 e. The van der Waals surface area contributed by atoms with Crippen LogP contribution in [-0.2, 0) is 22.5 Å². The average molecular weight is 424 g/mol. The highest BCUT2D eigenvalue weighted by molar-refractivity contribution is 7.99. The summed E-state index contributed by atoms with van der Waals surface area (Å²) in [6.07, 6.45) is 1.71. The Bertz CT molecular complexity index is 1060. The number of fused-ring (bicyclic) bond motifs is 1. The number of aromatic nitrogens is 2. The molecule has 0 bridgehead atoms. The van der Waals surface area contributed by atoms with Gasteiger partial charge in [0.1, 0.15) is 0 Å². The lowest BCUT2D eigenvalue weighted by Gasteiger charge is -2.26. The summed E-state index contributed by atoms with van der Waals surface area (Å²) in [5, 5.41) is 1.22. The first-order valence-corrected chi connectivity index (χ1v) is 11.2. The molecule has 0 unspecified atom stereocenters. The molecule has 2 heterocycles. The van der Waals surface area contributed by atoms with E-state index < -0.39 is 0 Å².